The van der Waals surface area contributed by atoms with E-state index in [0.717, 1.165) is 31.8 Å². The molecule has 0 unspecified atom stereocenters. The van der Waals surface area contributed by atoms with E-state index in [-0.39, 0.29) is 0 Å². The molecule has 0 radical (unpaired) electrons. The Morgan fingerprint density at radius 3 is 2.48 bits per heavy atom. The van der Waals surface area contributed by atoms with Crippen LogP contribution in [0.25, 0.3) is 0 Å². The monoisotopic (exact) mass is 328 g/mol. The summed E-state index contributed by atoms with van der Waals surface area (Å²) < 4.78 is 0. The van der Waals surface area contributed by atoms with Crippen LogP contribution < -0.4 is 5.32 Å². The molecular formula is C20H28N2S. The van der Waals surface area contributed by atoms with E-state index in [2.05, 4.69) is 50.4 Å². The van der Waals surface area contributed by atoms with Crippen LogP contribution in [0.3, 0.4) is 0 Å². The SMILES string of the molecule is CCc1nc(Cc2ccc(C(C)C)cc2)sc1C1CCNCC1. The number of aryl methyl sites for hydroxylation is 1. The van der Waals surface area contributed by atoms with E-state index in [9.17, 15) is 0 Å². The fourth-order valence-corrected chi connectivity index (χ4v) is 4.70. The van der Waals surface area contributed by atoms with Crippen LogP contribution in [0.1, 0.15) is 72.2 Å². The number of piperidine rings is 1. The van der Waals surface area contributed by atoms with Crippen molar-refractivity contribution in [2.75, 3.05) is 13.1 Å². The summed E-state index contributed by atoms with van der Waals surface area (Å²) in [4.78, 5) is 6.51. The first-order valence-corrected chi connectivity index (χ1v) is 9.77. The lowest BCUT2D eigenvalue weighted by Gasteiger charge is -2.22. The minimum atomic E-state index is 0.599. The van der Waals surface area contributed by atoms with Gasteiger partial charge in [-0.3, -0.25) is 0 Å². The van der Waals surface area contributed by atoms with Crippen molar-refractivity contribution in [1.29, 1.82) is 0 Å². The van der Waals surface area contributed by atoms with Gasteiger partial charge in [-0.2, -0.15) is 0 Å². The van der Waals surface area contributed by atoms with Crippen LogP contribution in [-0.2, 0) is 12.8 Å². The molecule has 2 aromatic rings. The number of nitrogens with one attached hydrogen (secondary N) is 1. The number of nitrogens with zero attached hydrogens (tertiary/aromatic N) is 1. The fourth-order valence-electron chi connectivity index (χ4n) is 3.34. The number of rotatable bonds is 5. The predicted octanol–water partition coefficient (Wildman–Crippen LogP) is 4.89. The van der Waals surface area contributed by atoms with Crippen LogP contribution in [0.15, 0.2) is 24.3 Å². The maximum atomic E-state index is 4.95. The van der Waals surface area contributed by atoms with Gasteiger partial charge < -0.3 is 5.32 Å². The minimum Gasteiger partial charge on any atom is -0.317 e. The van der Waals surface area contributed by atoms with E-state index in [0.29, 0.717) is 5.92 Å². The molecule has 1 N–H and O–H groups in total. The van der Waals surface area contributed by atoms with Gasteiger partial charge in [-0.15, -0.1) is 11.3 Å². The topological polar surface area (TPSA) is 24.9 Å². The third-order valence-electron chi connectivity index (χ3n) is 4.82. The van der Waals surface area contributed by atoms with E-state index in [4.69, 9.17) is 4.98 Å². The molecule has 2 heterocycles. The number of aromatic nitrogens is 1. The molecule has 0 amide bonds. The van der Waals surface area contributed by atoms with Crippen molar-refractivity contribution in [2.24, 2.45) is 0 Å². The highest BCUT2D eigenvalue weighted by Crippen LogP contribution is 2.34. The first kappa shape index (κ1) is 16.7. The third kappa shape index (κ3) is 4.02. The molecule has 1 aromatic heterocycles. The maximum Gasteiger partial charge on any atom is 0.0975 e. The summed E-state index contributed by atoms with van der Waals surface area (Å²) in [5.74, 6) is 1.32. The second kappa shape index (κ2) is 7.59. The molecule has 2 nitrogen and oxygen atoms in total. The van der Waals surface area contributed by atoms with Crippen molar-refractivity contribution in [2.45, 2.75) is 58.3 Å². The van der Waals surface area contributed by atoms with Crippen LogP contribution in [0.2, 0.25) is 0 Å². The molecule has 1 aliphatic heterocycles. The first-order valence-electron chi connectivity index (χ1n) is 8.95. The quantitative estimate of drug-likeness (QED) is 0.845. The molecule has 0 bridgehead atoms. The summed E-state index contributed by atoms with van der Waals surface area (Å²) in [5, 5.41) is 4.75. The van der Waals surface area contributed by atoms with Crippen molar-refractivity contribution < 1.29 is 0 Å². The molecule has 0 spiro atoms. The molecule has 1 aromatic carbocycles. The van der Waals surface area contributed by atoms with Crippen LogP contribution >= 0.6 is 11.3 Å². The molecule has 1 aliphatic rings. The largest absolute Gasteiger partial charge is 0.317 e. The Hall–Kier alpha value is -1.19. The van der Waals surface area contributed by atoms with Gasteiger partial charge in [0.15, 0.2) is 0 Å². The number of hydrogen-bond acceptors (Lipinski definition) is 3. The van der Waals surface area contributed by atoms with Gasteiger partial charge in [0.2, 0.25) is 0 Å². The summed E-state index contributed by atoms with van der Waals surface area (Å²) in [6.07, 6.45) is 4.55. The van der Waals surface area contributed by atoms with Gasteiger partial charge in [0, 0.05) is 11.3 Å². The van der Waals surface area contributed by atoms with Crippen molar-refractivity contribution >= 4 is 11.3 Å². The molecule has 23 heavy (non-hydrogen) atoms. The van der Waals surface area contributed by atoms with Gasteiger partial charge in [-0.25, -0.2) is 4.98 Å². The summed E-state index contributed by atoms with van der Waals surface area (Å²) in [5.41, 5.74) is 4.14. The summed E-state index contributed by atoms with van der Waals surface area (Å²) in [6.45, 7) is 9.03. The van der Waals surface area contributed by atoms with Gasteiger partial charge in [0.05, 0.1) is 10.7 Å². The molecular weight excluding hydrogens is 300 g/mol. The van der Waals surface area contributed by atoms with Gasteiger partial charge in [-0.1, -0.05) is 45.0 Å². The Labute approximate surface area is 144 Å². The molecule has 0 atom stereocenters. The standard InChI is InChI=1S/C20H28N2S/c1-4-18-20(17-9-11-21-12-10-17)23-19(22-18)13-15-5-7-16(8-6-15)14(2)3/h5-8,14,17,21H,4,9-13H2,1-3H3. The minimum absolute atomic E-state index is 0.599. The van der Waals surface area contributed by atoms with E-state index in [1.165, 1.54) is 34.7 Å². The molecule has 0 saturated carbocycles. The van der Waals surface area contributed by atoms with Gasteiger partial charge in [-0.05, 0) is 55.3 Å². The Morgan fingerprint density at radius 1 is 1.17 bits per heavy atom. The number of hydrogen-bond donors (Lipinski definition) is 1. The van der Waals surface area contributed by atoms with E-state index in [1.807, 2.05) is 11.3 Å². The van der Waals surface area contributed by atoms with Crippen LogP contribution in [0, 0.1) is 0 Å². The molecule has 124 valence electrons. The molecule has 0 aliphatic carbocycles. The predicted molar refractivity (Wildman–Crippen MR) is 99.7 cm³/mol. The number of thiazole rings is 1. The Balaban J connectivity index is 1.76. The molecule has 3 rings (SSSR count). The zero-order valence-corrected chi connectivity index (χ0v) is 15.4. The molecule has 3 heteroatoms. The zero-order valence-electron chi connectivity index (χ0n) is 14.6. The van der Waals surface area contributed by atoms with E-state index < -0.39 is 0 Å². The zero-order chi connectivity index (χ0) is 16.2. The average Bonchev–Trinajstić information content (AvgIpc) is 2.99. The van der Waals surface area contributed by atoms with Crippen molar-refractivity contribution in [3.63, 3.8) is 0 Å². The lowest BCUT2D eigenvalue weighted by Crippen LogP contribution is -2.26. The van der Waals surface area contributed by atoms with Crippen molar-refractivity contribution in [3.8, 4) is 0 Å². The van der Waals surface area contributed by atoms with Crippen LogP contribution in [0.4, 0.5) is 0 Å². The molecule has 1 saturated heterocycles. The highest BCUT2D eigenvalue weighted by molar-refractivity contribution is 7.11. The second-order valence-electron chi connectivity index (χ2n) is 6.87. The highest BCUT2D eigenvalue weighted by atomic mass is 32.1. The van der Waals surface area contributed by atoms with Gasteiger partial charge in [0.1, 0.15) is 0 Å². The van der Waals surface area contributed by atoms with Crippen LogP contribution in [-0.4, -0.2) is 18.1 Å². The van der Waals surface area contributed by atoms with Gasteiger partial charge in [0.25, 0.3) is 0 Å². The van der Waals surface area contributed by atoms with E-state index in [1.54, 1.807) is 4.88 Å². The Bertz CT molecular complexity index is 622. The highest BCUT2D eigenvalue weighted by Gasteiger charge is 2.21. The first-order chi connectivity index (χ1) is 11.2. The average molecular weight is 329 g/mol. The molecule has 1 fully saturated rings. The summed E-state index contributed by atoms with van der Waals surface area (Å²) >= 11 is 1.96. The third-order valence-corrected chi connectivity index (χ3v) is 6.08. The fraction of sp³-hybridized carbons (Fsp3) is 0.550. The summed E-state index contributed by atoms with van der Waals surface area (Å²) in [6, 6.07) is 9.07. The van der Waals surface area contributed by atoms with Gasteiger partial charge >= 0.3 is 0 Å². The van der Waals surface area contributed by atoms with E-state index >= 15 is 0 Å². The van der Waals surface area contributed by atoms with Crippen molar-refractivity contribution in [3.05, 3.63) is 51.0 Å². The Kier molecular flexibility index (Phi) is 5.50. The second-order valence-corrected chi connectivity index (χ2v) is 7.98. The number of benzene rings is 1. The maximum absolute atomic E-state index is 4.95. The lowest BCUT2D eigenvalue weighted by atomic mass is 9.95. The Morgan fingerprint density at radius 2 is 1.87 bits per heavy atom. The van der Waals surface area contributed by atoms with Crippen molar-refractivity contribution in [1.82, 2.24) is 10.3 Å². The smallest absolute Gasteiger partial charge is 0.0975 e. The normalized spacial score (nSPS) is 16.2. The summed E-state index contributed by atoms with van der Waals surface area (Å²) in [7, 11) is 0. The lowest BCUT2D eigenvalue weighted by molar-refractivity contribution is 0.463. The van der Waals surface area contributed by atoms with Crippen LogP contribution in [0.5, 0.6) is 0 Å².